The van der Waals surface area contributed by atoms with Gasteiger partial charge in [-0.2, -0.15) is 21.0 Å². The molecule has 0 saturated heterocycles. The molecule has 0 saturated carbocycles. The molecule has 0 fully saturated rings. The number of benzene rings is 10. The molecule has 0 amide bonds. The van der Waals surface area contributed by atoms with E-state index in [4.69, 9.17) is 9.97 Å². The maximum absolute atomic E-state index is 11.1. The van der Waals surface area contributed by atoms with Gasteiger partial charge in [0.2, 0.25) is 0 Å². The van der Waals surface area contributed by atoms with E-state index in [-0.39, 0.29) is 0 Å². The summed E-state index contributed by atoms with van der Waals surface area (Å²) in [5.74, 6) is 0.479. The Bertz CT molecular complexity index is 4600. The monoisotopic (exact) mass is 979 g/mol. The lowest BCUT2D eigenvalue weighted by Crippen LogP contribution is -2.01. The average Bonchev–Trinajstić information content (AvgIpc) is 4.32. The minimum absolute atomic E-state index is 0.412. The molecular weight excluding hydrogens is 943 g/mol. The van der Waals surface area contributed by atoms with E-state index in [2.05, 4.69) is 171 Å². The Morgan fingerprint density at radius 2 is 0.688 bits per heavy atom. The fraction of sp³-hybridized carbons (Fsp3) is 0. The highest BCUT2D eigenvalue weighted by Gasteiger charge is 2.22. The smallest absolute Gasteiger partial charge is 0.160 e. The highest BCUT2D eigenvalue weighted by molar-refractivity contribution is 6.14. The Morgan fingerprint density at radius 1 is 0.299 bits per heavy atom. The van der Waals surface area contributed by atoms with Crippen molar-refractivity contribution in [3.8, 4) is 86.4 Å². The summed E-state index contributed by atoms with van der Waals surface area (Å²) < 4.78 is 6.78. The van der Waals surface area contributed by atoms with E-state index in [0.29, 0.717) is 50.7 Å². The van der Waals surface area contributed by atoms with Crippen molar-refractivity contribution in [1.82, 2.24) is 23.7 Å². The van der Waals surface area contributed by atoms with Crippen LogP contribution in [-0.2, 0) is 0 Å². The number of aromatic nitrogens is 5. The van der Waals surface area contributed by atoms with Gasteiger partial charge in [0.1, 0.15) is 6.07 Å². The van der Waals surface area contributed by atoms with Crippen LogP contribution in [0.5, 0.6) is 0 Å². The van der Waals surface area contributed by atoms with Crippen LogP contribution in [0.3, 0.4) is 0 Å². The van der Waals surface area contributed by atoms with E-state index in [1.165, 1.54) is 21.5 Å². The van der Waals surface area contributed by atoms with Gasteiger partial charge in [-0.1, -0.05) is 109 Å². The van der Waals surface area contributed by atoms with Gasteiger partial charge in [0.05, 0.1) is 90.6 Å². The van der Waals surface area contributed by atoms with Crippen molar-refractivity contribution in [2.45, 2.75) is 0 Å². The van der Waals surface area contributed by atoms with E-state index in [1.54, 1.807) is 24.3 Å². The first-order valence-electron chi connectivity index (χ1n) is 25.0. The van der Waals surface area contributed by atoms with Gasteiger partial charge < -0.3 is 13.7 Å². The molecule has 77 heavy (non-hydrogen) atoms. The number of fused-ring (bicyclic) bond motifs is 9. The van der Waals surface area contributed by atoms with Crippen LogP contribution in [0.1, 0.15) is 22.3 Å². The summed E-state index contributed by atoms with van der Waals surface area (Å²) in [4.78, 5) is 9.90. The molecule has 9 heteroatoms. The molecule has 0 aliphatic carbocycles. The van der Waals surface area contributed by atoms with Crippen LogP contribution in [0.4, 0.5) is 0 Å². The van der Waals surface area contributed by atoms with Crippen molar-refractivity contribution in [3.05, 3.63) is 247 Å². The van der Waals surface area contributed by atoms with Crippen molar-refractivity contribution in [1.29, 1.82) is 21.0 Å². The summed E-state index contributed by atoms with van der Waals surface area (Å²) in [7, 11) is 0. The molecule has 0 aliphatic heterocycles. The van der Waals surface area contributed by atoms with Crippen molar-refractivity contribution >= 4 is 65.4 Å². The topological polar surface area (TPSA) is 136 Å². The lowest BCUT2D eigenvalue weighted by molar-refractivity contribution is 1.15. The Balaban J connectivity index is 0.925. The molecule has 0 unspecified atom stereocenters. The zero-order valence-corrected chi connectivity index (χ0v) is 40.9. The predicted octanol–water partition coefficient (Wildman–Crippen LogP) is 15.9. The zero-order chi connectivity index (χ0) is 51.7. The summed E-state index contributed by atoms with van der Waals surface area (Å²) in [6, 6.07) is 84.3. The number of rotatable bonds is 7. The fourth-order valence-electron chi connectivity index (χ4n) is 11.2. The lowest BCUT2D eigenvalue weighted by atomic mass is 9.95. The van der Waals surface area contributed by atoms with Crippen LogP contribution in [0, 0.1) is 45.3 Å². The first kappa shape index (κ1) is 44.3. The van der Waals surface area contributed by atoms with Gasteiger partial charge in [-0.05, 0) is 121 Å². The zero-order valence-electron chi connectivity index (χ0n) is 40.9. The third kappa shape index (κ3) is 7.13. The second-order valence-corrected chi connectivity index (χ2v) is 19.0. The molecular formula is C68H37N9. The van der Waals surface area contributed by atoms with Gasteiger partial charge in [-0.15, -0.1) is 0 Å². The van der Waals surface area contributed by atoms with E-state index in [9.17, 15) is 21.0 Å². The van der Waals surface area contributed by atoms with Crippen molar-refractivity contribution < 1.29 is 0 Å². The molecule has 0 spiro atoms. The normalized spacial score (nSPS) is 11.3. The summed E-state index contributed by atoms with van der Waals surface area (Å²) in [6.45, 7) is 0. The van der Waals surface area contributed by atoms with E-state index >= 15 is 0 Å². The summed E-state index contributed by atoms with van der Waals surface area (Å²) >= 11 is 0. The Morgan fingerprint density at radius 3 is 1.12 bits per heavy atom. The van der Waals surface area contributed by atoms with Gasteiger partial charge in [-0.25, -0.2) is 9.97 Å². The van der Waals surface area contributed by atoms with Crippen LogP contribution in [-0.4, -0.2) is 23.7 Å². The molecule has 0 N–H and O–H groups in total. The van der Waals surface area contributed by atoms with Gasteiger partial charge in [0.15, 0.2) is 5.82 Å². The number of nitriles is 4. The SMILES string of the molecule is N#Cc1ccc(-c2cc(-c3ccc(-c4cc(C#N)c(-n5c6ccc(-n7c8ccccc8c8ccccc87)cc6c6cc(-n7c8ccccc8c8ccccc87)ccc65)cc4C#N)cc3)nc(-c3ccc(C#N)cc3)n2)cc1. The van der Waals surface area contributed by atoms with E-state index in [0.717, 1.165) is 77.5 Å². The Labute approximate surface area is 441 Å². The molecule has 4 aromatic heterocycles. The molecule has 14 rings (SSSR count). The summed E-state index contributed by atoms with van der Waals surface area (Å²) in [5.41, 5.74) is 15.8. The first-order chi connectivity index (χ1) is 38.0. The molecule has 4 heterocycles. The molecule has 10 aromatic carbocycles. The van der Waals surface area contributed by atoms with E-state index in [1.807, 2.05) is 66.7 Å². The quantitative estimate of drug-likeness (QED) is 0.156. The third-order valence-corrected chi connectivity index (χ3v) is 14.8. The van der Waals surface area contributed by atoms with Gasteiger partial charge in [0.25, 0.3) is 0 Å². The van der Waals surface area contributed by atoms with Crippen molar-refractivity contribution in [3.63, 3.8) is 0 Å². The average molecular weight is 980 g/mol. The fourth-order valence-corrected chi connectivity index (χ4v) is 11.2. The first-order valence-corrected chi connectivity index (χ1v) is 25.0. The van der Waals surface area contributed by atoms with Gasteiger partial charge >= 0.3 is 0 Å². The molecule has 354 valence electrons. The second-order valence-electron chi connectivity index (χ2n) is 19.0. The Hall–Kier alpha value is -11.4. The highest BCUT2D eigenvalue weighted by atomic mass is 15.0. The van der Waals surface area contributed by atoms with Crippen LogP contribution >= 0.6 is 0 Å². The minimum atomic E-state index is 0.412. The number of nitrogens with zero attached hydrogens (tertiary/aromatic N) is 9. The largest absolute Gasteiger partial charge is 0.309 e. The highest BCUT2D eigenvalue weighted by Crippen LogP contribution is 2.41. The minimum Gasteiger partial charge on any atom is -0.309 e. The van der Waals surface area contributed by atoms with E-state index < -0.39 is 0 Å². The molecule has 9 nitrogen and oxygen atoms in total. The maximum atomic E-state index is 11.1. The molecule has 0 atom stereocenters. The number of hydrogen-bond acceptors (Lipinski definition) is 6. The van der Waals surface area contributed by atoms with Crippen LogP contribution in [0.15, 0.2) is 224 Å². The third-order valence-electron chi connectivity index (χ3n) is 14.8. The van der Waals surface area contributed by atoms with Crippen LogP contribution in [0.2, 0.25) is 0 Å². The maximum Gasteiger partial charge on any atom is 0.160 e. The molecule has 14 aromatic rings. The van der Waals surface area contributed by atoms with Crippen molar-refractivity contribution in [2.24, 2.45) is 0 Å². The van der Waals surface area contributed by atoms with Crippen LogP contribution < -0.4 is 0 Å². The standard InChI is InChI=1S/C68H37N9/c69-38-42-17-21-45(22-18-42)59-37-60(74-68(73-59)47-23-19-43(39-70)20-24-47)46-27-25-44(26-28-46)56-33-49(41-72)67(34-48(56)40-71)77-65-31-29-50(75-61-13-5-1-9-52(61)53-10-2-6-14-62(53)75)35-57(65)58-36-51(30-32-66(58)77)76-63-15-7-3-11-54(63)55-12-4-8-16-64(55)76/h1-37H. The molecule has 0 aliphatic rings. The molecule has 0 bridgehead atoms. The number of hydrogen-bond donors (Lipinski definition) is 0. The van der Waals surface area contributed by atoms with Crippen LogP contribution in [0.25, 0.3) is 128 Å². The lowest BCUT2D eigenvalue weighted by Gasteiger charge is -2.15. The summed E-state index contributed by atoms with van der Waals surface area (Å²) in [5, 5.41) is 47.7. The predicted molar refractivity (Wildman–Crippen MR) is 306 cm³/mol. The molecule has 0 radical (unpaired) electrons. The summed E-state index contributed by atoms with van der Waals surface area (Å²) in [6.07, 6.45) is 0. The second kappa shape index (κ2) is 17.7. The van der Waals surface area contributed by atoms with Gasteiger partial charge in [-0.3, -0.25) is 0 Å². The van der Waals surface area contributed by atoms with Crippen molar-refractivity contribution in [2.75, 3.05) is 0 Å². The Kier molecular flexibility index (Phi) is 10.2. The number of para-hydroxylation sites is 4. The van der Waals surface area contributed by atoms with Gasteiger partial charge in [0, 0.05) is 65.9 Å².